The number of nitrogens with two attached hydrogens (primary N) is 1. The highest BCUT2D eigenvalue weighted by atomic mass is 19.4. The van der Waals surface area contributed by atoms with Crippen molar-refractivity contribution in [1.29, 1.82) is 0 Å². The lowest BCUT2D eigenvalue weighted by Gasteiger charge is -2.27. The molecular formula is C16H22F3NO3. The molecule has 0 amide bonds. The van der Waals surface area contributed by atoms with Crippen LogP contribution in [0.4, 0.5) is 13.2 Å². The monoisotopic (exact) mass is 333 g/mol. The highest BCUT2D eigenvalue weighted by Gasteiger charge is 2.44. The lowest BCUT2D eigenvalue weighted by molar-refractivity contribution is -0.201. The Kier molecular flexibility index (Phi) is 5.84. The second-order valence-corrected chi connectivity index (χ2v) is 6.43. The van der Waals surface area contributed by atoms with Crippen LogP contribution in [0.25, 0.3) is 0 Å². The summed E-state index contributed by atoms with van der Waals surface area (Å²) in [7, 11) is 0. The number of allylic oxidation sites excluding steroid dienone is 2. The summed E-state index contributed by atoms with van der Waals surface area (Å²) < 4.78 is 39.4. The molecule has 2 aliphatic carbocycles. The van der Waals surface area contributed by atoms with E-state index >= 15 is 0 Å². The van der Waals surface area contributed by atoms with Crippen molar-refractivity contribution in [1.82, 2.24) is 0 Å². The Bertz CT molecular complexity index is 474. The van der Waals surface area contributed by atoms with E-state index in [2.05, 4.69) is 4.74 Å². The topological polar surface area (TPSA) is 69.4 Å². The van der Waals surface area contributed by atoms with E-state index in [9.17, 15) is 22.8 Å². The number of ether oxygens (including phenoxy) is 1. The number of hydrogen-bond acceptors (Lipinski definition) is 4. The maximum Gasteiger partial charge on any atom is 0.491 e. The first kappa shape index (κ1) is 18.0. The van der Waals surface area contributed by atoms with E-state index in [0.717, 1.165) is 12.3 Å². The van der Waals surface area contributed by atoms with Crippen LogP contribution in [0.2, 0.25) is 0 Å². The highest BCUT2D eigenvalue weighted by Crippen LogP contribution is 2.48. The first-order valence-corrected chi connectivity index (χ1v) is 8.01. The summed E-state index contributed by atoms with van der Waals surface area (Å²) in [4.78, 5) is 21.5. The van der Waals surface area contributed by atoms with Crippen molar-refractivity contribution in [2.75, 3.05) is 0 Å². The first-order chi connectivity index (χ1) is 10.8. The molecule has 2 N–H and O–H groups in total. The Balaban J connectivity index is 1.58. The molecule has 7 heteroatoms. The third-order valence-corrected chi connectivity index (χ3v) is 4.92. The number of hydrogen-bond donors (Lipinski definition) is 1. The minimum absolute atomic E-state index is 0.209. The summed E-state index contributed by atoms with van der Waals surface area (Å²) >= 11 is 0. The molecule has 4 nitrogen and oxygen atoms in total. The van der Waals surface area contributed by atoms with Crippen LogP contribution in [0.3, 0.4) is 0 Å². The smallest absolute Gasteiger partial charge is 0.386 e. The number of halogens is 3. The summed E-state index contributed by atoms with van der Waals surface area (Å²) in [6.45, 7) is 0. The van der Waals surface area contributed by atoms with Crippen LogP contribution in [-0.2, 0) is 14.3 Å². The normalized spacial score (nSPS) is 30.1. The number of rotatable bonds is 6. The fourth-order valence-electron chi connectivity index (χ4n) is 3.75. The van der Waals surface area contributed by atoms with Gasteiger partial charge < -0.3 is 10.5 Å². The molecule has 0 aromatic heterocycles. The second-order valence-electron chi connectivity index (χ2n) is 6.43. The Morgan fingerprint density at radius 2 is 1.87 bits per heavy atom. The zero-order valence-electron chi connectivity index (χ0n) is 12.8. The lowest BCUT2D eigenvalue weighted by Crippen LogP contribution is -2.35. The molecule has 23 heavy (non-hydrogen) atoms. The molecular weight excluding hydrogens is 311 g/mol. The average molecular weight is 333 g/mol. The summed E-state index contributed by atoms with van der Waals surface area (Å²) in [6.07, 6.45) is 4.18. The van der Waals surface area contributed by atoms with E-state index in [0.29, 0.717) is 24.7 Å². The number of fused-ring (bicyclic) bond motifs is 2. The summed E-state index contributed by atoms with van der Waals surface area (Å²) in [5.74, 6) is -1.68. The zero-order chi connectivity index (χ0) is 17.0. The van der Waals surface area contributed by atoms with Gasteiger partial charge in [0.05, 0.1) is 0 Å². The predicted molar refractivity (Wildman–Crippen MR) is 77.1 cm³/mol. The van der Waals surface area contributed by atoms with E-state index in [1.807, 2.05) is 12.2 Å². The van der Waals surface area contributed by atoms with Gasteiger partial charge in [-0.2, -0.15) is 13.2 Å². The Morgan fingerprint density at radius 1 is 1.17 bits per heavy atom. The van der Waals surface area contributed by atoms with E-state index in [4.69, 9.17) is 5.73 Å². The Hall–Kier alpha value is -1.37. The van der Waals surface area contributed by atoms with Gasteiger partial charge in [-0.15, -0.1) is 0 Å². The van der Waals surface area contributed by atoms with Crippen LogP contribution < -0.4 is 5.73 Å². The molecule has 4 atom stereocenters. The molecule has 0 aliphatic heterocycles. The Labute approximate surface area is 133 Å². The molecule has 0 heterocycles. The molecule has 0 saturated heterocycles. The van der Waals surface area contributed by atoms with Crippen LogP contribution >= 0.6 is 0 Å². The fraction of sp³-hybridized carbons (Fsp3) is 0.750. The van der Waals surface area contributed by atoms with Crippen LogP contribution in [0.1, 0.15) is 44.9 Å². The van der Waals surface area contributed by atoms with Gasteiger partial charge in [0.1, 0.15) is 0 Å². The molecule has 0 radical (unpaired) electrons. The van der Waals surface area contributed by atoms with Gasteiger partial charge in [-0.3, -0.25) is 4.79 Å². The van der Waals surface area contributed by atoms with Crippen molar-refractivity contribution >= 4 is 11.9 Å². The molecule has 0 aromatic carbocycles. The molecule has 2 bridgehead atoms. The van der Waals surface area contributed by atoms with E-state index in [1.165, 1.54) is 19.3 Å². The number of alkyl halides is 3. The maximum absolute atomic E-state index is 11.9. The highest BCUT2D eigenvalue weighted by molar-refractivity contribution is 5.88. The molecule has 2 saturated carbocycles. The SMILES string of the molecule is N[C@H]1[C@@H]2CC[C@@H](C2)[C@H]1C/C=C\CCCC(=O)OC(=O)C(F)(F)F. The van der Waals surface area contributed by atoms with Crippen LogP contribution in [0.5, 0.6) is 0 Å². The lowest BCUT2D eigenvalue weighted by atomic mass is 9.83. The molecule has 2 fully saturated rings. The van der Waals surface area contributed by atoms with Gasteiger partial charge >= 0.3 is 18.1 Å². The van der Waals surface area contributed by atoms with E-state index in [-0.39, 0.29) is 12.5 Å². The van der Waals surface area contributed by atoms with Gasteiger partial charge in [0.15, 0.2) is 0 Å². The predicted octanol–water partition coefficient (Wildman–Crippen LogP) is 3.11. The minimum atomic E-state index is -5.13. The van der Waals surface area contributed by atoms with Gasteiger partial charge in [-0.1, -0.05) is 12.2 Å². The summed E-state index contributed by atoms with van der Waals surface area (Å²) in [5.41, 5.74) is 6.21. The van der Waals surface area contributed by atoms with Crippen molar-refractivity contribution in [2.24, 2.45) is 23.5 Å². The number of esters is 2. The number of unbranched alkanes of at least 4 members (excludes halogenated alkanes) is 1. The molecule has 2 rings (SSSR count). The van der Waals surface area contributed by atoms with Gasteiger partial charge in [-0.25, -0.2) is 4.79 Å². The Morgan fingerprint density at radius 3 is 2.48 bits per heavy atom. The molecule has 0 aromatic rings. The average Bonchev–Trinajstić information content (AvgIpc) is 3.04. The summed E-state index contributed by atoms with van der Waals surface area (Å²) in [6, 6.07) is 0.279. The van der Waals surface area contributed by atoms with Crippen LogP contribution in [0.15, 0.2) is 12.2 Å². The van der Waals surface area contributed by atoms with Gasteiger partial charge in [0, 0.05) is 12.5 Å². The second kappa shape index (κ2) is 7.47. The largest absolute Gasteiger partial charge is 0.491 e. The summed E-state index contributed by atoms with van der Waals surface area (Å²) in [5, 5.41) is 0. The van der Waals surface area contributed by atoms with Crippen molar-refractivity contribution < 1.29 is 27.5 Å². The molecule has 130 valence electrons. The van der Waals surface area contributed by atoms with Crippen molar-refractivity contribution in [2.45, 2.75) is 57.2 Å². The van der Waals surface area contributed by atoms with Crippen molar-refractivity contribution in [3.05, 3.63) is 12.2 Å². The maximum atomic E-state index is 11.9. The standard InChI is InChI=1S/C16H22F3NO3/c17-16(18,19)15(22)23-13(21)6-4-2-1-3-5-12-10-7-8-11(9-10)14(12)20/h1,3,10-12,14H,2,4-9,20H2/b3-1-/t10-,11+,12+,14-/m0/s1. The van der Waals surface area contributed by atoms with Crippen LogP contribution in [0, 0.1) is 17.8 Å². The quantitative estimate of drug-likeness (QED) is 0.351. The van der Waals surface area contributed by atoms with Gasteiger partial charge in [0.25, 0.3) is 0 Å². The molecule has 2 aliphatic rings. The fourth-order valence-corrected chi connectivity index (χ4v) is 3.75. The number of carbonyl (C=O) groups is 2. The van der Waals surface area contributed by atoms with E-state index in [1.54, 1.807) is 0 Å². The zero-order valence-corrected chi connectivity index (χ0v) is 12.8. The van der Waals surface area contributed by atoms with Crippen molar-refractivity contribution in [3.8, 4) is 0 Å². The minimum Gasteiger partial charge on any atom is -0.386 e. The third kappa shape index (κ3) is 4.80. The van der Waals surface area contributed by atoms with Crippen LogP contribution in [-0.4, -0.2) is 24.2 Å². The van der Waals surface area contributed by atoms with Gasteiger partial charge in [0.2, 0.25) is 0 Å². The van der Waals surface area contributed by atoms with Gasteiger partial charge in [-0.05, 0) is 56.3 Å². The van der Waals surface area contributed by atoms with E-state index < -0.39 is 18.1 Å². The van der Waals surface area contributed by atoms with Crippen molar-refractivity contribution in [3.63, 3.8) is 0 Å². The molecule has 0 unspecified atom stereocenters. The molecule has 0 spiro atoms. The first-order valence-electron chi connectivity index (χ1n) is 8.01. The third-order valence-electron chi connectivity index (χ3n) is 4.92. The number of carbonyl (C=O) groups excluding carboxylic acids is 2.